The van der Waals surface area contributed by atoms with Gasteiger partial charge in [0.05, 0.1) is 6.20 Å². The van der Waals surface area contributed by atoms with Crippen molar-refractivity contribution in [3.8, 4) is 0 Å². The monoisotopic (exact) mass is 192 g/mol. The standard InChI is InChI=1S/C10H16N4/c1-11-9-3-2-6-14(8-9)10-7-12-4-5-13-10/h4-5,7,9,11H,2-3,6,8H2,1H3/t9-/m1/s1. The van der Waals surface area contributed by atoms with Gasteiger partial charge in [-0.1, -0.05) is 0 Å². The molecule has 2 rings (SSSR count). The third-order valence-electron chi connectivity index (χ3n) is 2.70. The molecule has 0 saturated carbocycles. The molecule has 1 aromatic rings. The van der Waals surface area contributed by atoms with E-state index in [9.17, 15) is 0 Å². The smallest absolute Gasteiger partial charge is 0.147 e. The first-order chi connectivity index (χ1) is 6.90. The first-order valence-corrected chi connectivity index (χ1v) is 5.08. The number of hydrogen-bond donors (Lipinski definition) is 1. The topological polar surface area (TPSA) is 41.0 Å². The maximum Gasteiger partial charge on any atom is 0.147 e. The van der Waals surface area contributed by atoms with Crippen molar-refractivity contribution in [2.75, 3.05) is 25.0 Å². The summed E-state index contributed by atoms with van der Waals surface area (Å²) in [5.74, 6) is 0.993. The van der Waals surface area contributed by atoms with Crippen molar-refractivity contribution in [1.82, 2.24) is 15.3 Å². The number of aromatic nitrogens is 2. The number of piperidine rings is 1. The normalized spacial score (nSPS) is 22.4. The highest BCUT2D eigenvalue weighted by Gasteiger charge is 2.19. The molecule has 1 aliphatic rings. The third kappa shape index (κ3) is 2.01. The highest BCUT2D eigenvalue weighted by atomic mass is 15.2. The van der Waals surface area contributed by atoms with Gasteiger partial charge in [0.25, 0.3) is 0 Å². The second-order valence-electron chi connectivity index (χ2n) is 3.64. The number of likely N-dealkylation sites (N-methyl/N-ethyl adjacent to an activating group) is 1. The fourth-order valence-electron chi connectivity index (χ4n) is 1.88. The van der Waals surface area contributed by atoms with Crippen LogP contribution >= 0.6 is 0 Å². The average molecular weight is 192 g/mol. The van der Waals surface area contributed by atoms with Gasteiger partial charge in [-0.25, -0.2) is 4.98 Å². The molecule has 1 aromatic heterocycles. The highest BCUT2D eigenvalue weighted by molar-refractivity contribution is 5.35. The number of hydrogen-bond acceptors (Lipinski definition) is 4. The van der Waals surface area contributed by atoms with Gasteiger partial charge in [0.1, 0.15) is 5.82 Å². The van der Waals surface area contributed by atoms with E-state index >= 15 is 0 Å². The van der Waals surface area contributed by atoms with Gasteiger partial charge in [-0.2, -0.15) is 0 Å². The van der Waals surface area contributed by atoms with Gasteiger partial charge in [0.15, 0.2) is 0 Å². The summed E-state index contributed by atoms with van der Waals surface area (Å²) >= 11 is 0. The van der Waals surface area contributed by atoms with Gasteiger partial charge in [0, 0.05) is 31.5 Å². The molecular formula is C10H16N4. The minimum atomic E-state index is 0.589. The molecule has 2 heterocycles. The number of anilines is 1. The van der Waals surface area contributed by atoms with E-state index in [1.807, 2.05) is 13.2 Å². The maximum absolute atomic E-state index is 4.31. The van der Waals surface area contributed by atoms with Gasteiger partial charge in [-0.05, 0) is 19.9 Å². The van der Waals surface area contributed by atoms with E-state index in [2.05, 4.69) is 20.2 Å². The van der Waals surface area contributed by atoms with Crippen LogP contribution in [0, 0.1) is 0 Å². The van der Waals surface area contributed by atoms with Gasteiger partial charge in [-0.15, -0.1) is 0 Å². The molecular weight excluding hydrogens is 176 g/mol. The van der Waals surface area contributed by atoms with Crippen molar-refractivity contribution in [2.45, 2.75) is 18.9 Å². The number of rotatable bonds is 2. The first-order valence-electron chi connectivity index (χ1n) is 5.08. The van der Waals surface area contributed by atoms with Gasteiger partial charge < -0.3 is 10.2 Å². The Bertz CT molecular complexity index is 275. The number of nitrogens with zero attached hydrogens (tertiary/aromatic N) is 3. The molecule has 0 spiro atoms. The summed E-state index contributed by atoms with van der Waals surface area (Å²) in [5, 5.41) is 3.31. The summed E-state index contributed by atoms with van der Waals surface area (Å²) in [5.41, 5.74) is 0. The third-order valence-corrected chi connectivity index (χ3v) is 2.70. The molecule has 0 bridgehead atoms. The van der Waals surface area contributed by atoms with E-state index in [-0.39, 0.29) is 0 Å². The van der Waals surface area contributed by atoms with E-state index in [1.165, 1.54) is 12.8 Å². The molecule has 76 valence electrons. The second-order valence-corrected chi connectivity index (χ2v) is 3.64. The summed E-state index contributed by atoms with van der Waals surface area (Å²) < 4.78 is 0. The molecule has 0 aromatic carbocycles. The van der Waals surface area contributed by atoms with Crippen LogP contribution in [-0.4, -0.2) is 36.1 Å². The van der Waals surface area contributed by atoms with Crippen LogP contribution in [0.2, 0.25) is 0 Å². The van der Waals surface area contributed by atoms with Crippen LogP contribution in [0.4, 0.5) is 5.82 Å². The molecule has 4 heteroatoms. The summed E-state index contributed by atoms with van der Waals surface area (Å²) in [7, 11) is 2.02. The van der Waals surface area contributed by atoms with Crippen molar-refractivity contribution >= 4 is 5.82 Å². The zero-order valence-corrected chi connectivity index (χ0v) is 8.48. The predicted molar refractivity (Wildman–Crippen MR) is 56.3 cm³/mol. The quantitative estimate of drug-likeness (QED) is 0.747. The number of nitrogens with one attached hydrogen (secondary N) is 1. The van der Waals surface area contributed by atoms with Crippen LogP contribution in [0.25, 0.3) is 0 Å². The first kappa shape index (κ1) is 9.40. The van der Waals surface area contributed by atoms with Crippen LogP contribution < -0.4 is 10.2 Å². The zero-order valence-electron chi connectivity index (χ0n) is 8.48. The molecule has 1 atom stereocenters. The van der Waals surface area contributed by atoms with Crippen LogP contribution in [-0.2, 0) is 0 Å². The van der Waals surface area contributed by atoms with Crippen molar-refractivity contribution < 1.29 is 0 Å². The Balaban J connectivity index is 2.04. The largest absolute Gasteiger partial charge is 0.354 e. The highest BCUT2D eigenvalue weighted by Crippen LogP contribution is 2.15. The fraction of sp³-hybridized carbons (Fsp3) is 0.600. The Kier molecular flexibility index (Phi) is 2.93. The molecule has 4 nitrogen and oxygen atoms in total. The second kappa shape index (κ2) is 4.37. The predicted octanol–water partition coefficient (Wildman–Crippen LogP) is 0.665. The van der Waals surface area contributed by atoms with Crippen molar-refractivity contribution in [3.05, 3.63) is 18.6 Å². The van der Waals surface area contributed by atoms with E-state index < -0.39 is 0 Å². The van der Waals surface area contributed by atoms with Gasteiger partial charge in [0.2, 0.25) is 0 Å². The lowest BCUT2D eigenvalue weighted by molar-refractivity contribution is 0.447. The Morgan fingerprint density at radius 2 is 2.43 bits per heavy atom. The summed E-state index contributed by atoms with van der Waals surface area (Å²) in [6.07, 6.45) is 7.77. The maximum atomic E-state index is 4.31. The van der Waals surface area contributed by atoms with Gasteiger partial charge in [-0.3, -0.25) is 4.98 Å². The SMILES string of the molecule is CN[C@@H]1CCCN(c2cnccn2)C1. The molecule has 1 N–H and O–H groups in total. The van der Waals surface area contributed by atoms with E-state index in [0.29, 0.717) is 6.04 Å². The average Bonchev–Trinajstić information content (AvgIpc) is 2.30. The minimum Gasteiger partial charge on any atom is -0.354 e. The van der Waals surface area contributed by atoms with Crippen LogP contribution in [0.5, 0.6) is 0 Å². The van der Waals surface area contributed by atoms with Crippen LogP contribution in [0.3, 0.4) is 0 Å². The Labute approximate surface area is 84.4 Å². The molecule has 1 saturated heterocycles. The molecule has 1 fully saturated rings. The van der Waals surface area contributed by atoms with E-state index in [1.54, 1.807) is 12.4 Å². The van der Waals surface area contributed by atoms with Crippen molar-refractivity contribution in [3.63, 3.8) is 0 Å². The minimum absolute atomic E-state index is 0.589. The zero-order chi connectivity index (χ0) is 9.80. The molecule has 0 unspecified atom stereocenters. The van der Waals surface area contributed by atoms with Crippen molar-refractivity contribution in [2.24, 2.45) is 0 Å². The van der Waals surface area contributed by atoms with E-state index in [4.69, 9.17) is 0 Å². The lowest BCUT2D eigenvalue weighted by Crippen LogP contribution is -2.44. The summed E-state index contributed by atoms with van der Waals surface area (Å²) in [6, 6.07) is 0.589. The van der Waals surface area contributed by atoms with Gasteiger partial charge >= 0.3 is 0 Å². The van der Waals surface area contributed by atoms with Crippen LogP contribution in [0.1, 0.15) is 12.8 Å². The van der Waals surface area contributed by atoms with E-state index in [0.717, 1.165) is 18.9 Å². The Morgan fingerprint density at radius 3 is 3.14 bits per heavy atom. The van der Waals surface area contributed by atoms with Crippen LogP contribution in [0.15, 0.2) is 18.6 Å². The molecule has 0 radical (unpaired) electrons. The fourth-order valence-corrected chi connectivity index (χ4v) is 1.88. The molecule has 0 amide bonds. The molecule has 14 heavy (non-hydrogen) atoms. The lowest BCUT2D eigenvalue weighted by atomic mass is 10.1. The Hall–Kier alpha value is -1.16. The Morgan fingerprint density at radius 1 is 1.50 bits per heavy atom. The lowest BCUT2D eigenvalue weighted by Gasteiger charge is -2.33. The summed E-state index contributed by atoms with van der Waals surface area (Å²) in [6.45, 7) is 2.13. The molecule has 0 aliphatic carbocycles. The van der Waals surface area contributed by atoms with Crippen molar-refractivity contribution in [1.29, 1.82) is 0 Å². The summed E-state index contributed by atoms with van der Waals surface area (Å²) in [4.78, 5) is 10.7. The molecule has 1 aliphatic heterocycles.